The summed E-state index contributed by atoms with van der Waals surface area (Å²) in [5, 5.41) is 20.1. The second-order valence-electron chi connectivity index (χ2n) is 4.44. The van der Waals surface area contributed by atoms with E-state index in [2.05, 4.69) is 0 Å². The molecule has 2 heteroatoms. The summed E-state index contributed by atoms with van der Waals surface area (Å²) in [6.07, 6.45) is 0. The van der Waals surface area contributed by atoms with E-state index < -0.39 is 0 Å². The average molecular weight is 228 g/mol. The fourth-order valence-electron chi connectivity index (χ4n) is 1.99. The summed E-state index contributed by atoms with van der Waals surface area (Å²) >= 11 is 0. The average Bonchev–Trinajstić information content (AvgIpc) is 2.27. The molecule has 17 heavy (non-hydrogen) atoms. The molecule has 0 spiro atoms. The van der Waals surface area contributed by atoms with E-state index in [9.17, 15) is 10.2 Å². The summed E-state index contributed by atoms with van der Waals surface area (Å²) in [6, 6.07) is 9.29. The minimum absolute atomic E-state index is 0.203. The Kier molecular flexibility index (Phi) is 2.80. The van der Waals surface area contributed by atoms with Gasteiger partial charge in [0, 0.05) is 11.1 Å². The van der Waals surface area contributed by atoms with Gasteiger partial charge in [-0.15, -0.1) is 0 Å². The van der Waals surface area contributed by atoms with E-state index in [4.69, 9.17) is 0 Å². The molecule has 2 aromatic rings. The molecule has 2 rings (SSSR count). The molecule has 0 saturated heterocycles. The van der Waals surface area contributed by atoms with Crippen molar-refractivity contribution in [1.82, 2.24) is 0 Å². The number of phenols is 2. The Balaban J connectivity index is 2.72. The molecule has 0 aliphatic carbocycles. The Morgan fingerprint density at radius 1 is 0.824 bits per heavy atom. The van der Waals surface area contributed by atoms with Gasteiger partial charge in [-0.3, -0.25) is 0 Å². The summed E-state index contributed by atoms with van der Waals surface area (Å²) in [5.74, 6) is 0.443. The second-order valence-corrected chi connectivity index (χ2v) is 4.44. The third-order valence-electron chi connectivity index (χ3n) is 3.01. The van der Waals surface area contributed by atoms with E-state index >= 15 is 0 Å². The zero-order valence-corrected chi connectivity index (χ0v) is 10.3. The monoisotopic (exact) mass is 228 g/mol. The Hall–Kier alpha value is -1.96. The topological polar surface area (TPSA) is 40.5 Å². The summed E-state index contributed by atoms with van der Waals surface area (Å²) in [5.41, 5.74) is 4.14. The first-order chi connectivity index (χ1) is 8.00. The molecular weight excluding hydrogens is 212 g/mol. The number of hydrogen-bond acceptors (Lipinski definition) is 2. The molecule has 0 heterocycles. The van der Waals surface area contributed by atoms with Gasteiger partial charge in [0.25, 0.3) is 0 Å². The lowest BCUT2D eigenvalue weighted by molar-refractivity contribution is 0.466. The smallest absolute Gasteiger partial charge is 0.126 e. The molecular formula is C15H16O2. The quantitative estimate of drug-likeness (QED) is 0.781. The van der Waals surface area contributed by atoms with E-state index in [1.807, 2.05) is 45.0 Å². The predicted molar refractivity (Wildman–Crippen MR) is 69.4 cm³/mol. The van der Waals surface area contributed by atoms with Crippen LogP contribution in [0.2, 0.25) is 0 Å². The van der Waals surface area contributed by atoms with E-state index in [1.165, 1.54) is 0 Å². The molecule has 0 unspecified atom stereocenters. The van der Waals surface area contributed by atoms with Crippen molar-refractivity contribution in [3.63, 3.8) is 0 Å². The van der Waals surface area contributed by atoms with Crippen LogP contribution in [0.15, 0.2) is 30.3 Å². The van der Waals surface area contributed by atoms with Crippen LogP contribution in [0.4, 0.5) is 0 Å². The van der Waals surface area contributed by atoms with Crippen LogP contribution in [0.5, 0.6) is 11.5 Å². The van der Waals surface area contributed by atoms with Crippen molar-refractivity contribution in [3.8, 4) is 22.6 Å². The standard InChI is InChI=1S/C15H16O2/c1-9-4-7-12(13(16)8-9)14-10(2)5-6-11(3)15(14)17/h4-8,16-17H,1-3H3. The van der Waals surface area contributed by atoms with Gasteiger partial charge < -0.3 is 10.2 Å². The fourth-order valence-corrected chi connectivity index (χ4v) is 1.99. The SMILES string of the molecule is Cc1ccc(-c2c(C)ccc(C)c2O)c(O)c1. The molecule has 2 N–H and O–H groups in total. The highest BCUT2D eigenvalue weighted by Gasteiger charge is 2.13. The number of rotatable bonds is 1. The second kappa shape index (κ2) is 4.13. The maximum Gasteiger partial charge on any atom is 0.126 e. The highest BCUT2D eigenvalue weighted by molar-refractivity contribution is 5.79. The van der Waals surface area contributed by atoms with Gasteiger partial charge in [0.1, 0.15) is 11.5 Å². The van der Waals surface area contributed by atoms with E-state index in [0.717, 1.165) is 16.7 Å². The largest absolute Gasteiger partial charge is 0.507 e. The predicted octanol–water partition coefficient (Wildman–Crippen LogP) is 3.69. The molecule has 88 valence electrons. The maximum absolute atomic E-state index is 10.1. The number of hydrogen-bond donors (Lipinski definition) is 2. The third-order valence-corrected chi connectivity index (χ3v) is 3.01. The van der Waals surface area contributed by atoms with Gasteiger partial charge in [0.2, 0.25) is 0 Å². The highest BCUT2D eigenvalue weighted by atomic mass is 16.3. The van der Waals surface area contributed by atoms with Crippen LogP contribution in [0, 0.1) is 20.8 Å². The fraction of sp³-hybridized carbons (Fsp3) is 0.200. The maximum atomic E-state index is 10.1. The molecule has 0 atom stereocenters. The van der Waals surface area contributed by atoms with Crippen molar-refractivity contribution in [3.05, 3.63) is 47.0 Å². The lowest BCUT2D eigenvalue weighted by Crippen LogP contribution is -1.88. The molecule has 0 fully saturated rings. The minimum Gasteiger partial charge on any atom is -0.507 e. The highest BCUT2D eigenvalue weighted by Crippen LogP contribution is 2.39. The van der Waals surface area contributed by atoms with Crippen molar-refractivity contribution in [2.45, 2.75) is 20.8 Å². The summed E-state index contributed by atoms with van der Waals surface area (Å²) in [4.78, 5) is 0. The van der Waals surface area contributed by atoms with Crippen molar-refractivity contribution in [2.24, 2.45) is 0 Å². The molecule has 0 bridgehead atoms. The van der Waals surface area contributed by atoms with Gasteiger partial charge in [-0.05, 0) is 43.5 Å². The molecule has 2 nitrogen and oxygen atoms in total. The molecule has 0 aliphatic rings. The van der Waals surface area contributed by atoms with Crippen molar-refractivity contribution in [2.75, 3.05) is 0 Å². The van der Waals surface area contributed by atoms with Crippen molar-refractivity contribution >= 4 is 0 Å². The normalized spacial score (nSPS) is 10.5. The Bertz CT molecular complexity index is 571. The van der Waals surface area contributed by atoms with Crippen LogP contribution in [0.1, 0.15) is 16.7 Å². The van der Waals surface area contributed by atoms with Gasteiger partial charge in [-0.2, -0.15) is 0 Å². The molecule has 0 amide bonds. The third kappa shape index (κ3) is 1.98. The molecule has 0 aromatic heterocycles. The minimum atomic E-state index is 0.203. The molecule has 0 aliphatic heterocycles. The van der Waals surface area contributed by atoms with Gasteiger partial charge in [0.15, 0.2) is 0 Å². The van der Waals surface area contributed by atoms with Crippen LogP contribution >= 0.6 is 0 Å². The van der Waals surface area contributed by atoms with Crippen molar-refractivity contribution < 1.29 is 10.2 Å². The van der Waals surface area contributed by atoms with Gasteiger partial charge >= 0.3 is 0 Å². The van der Waals surface area contributed by atoms with Crippen LogP contribution in [-0.4, -0.2) is 10.2 Å². The van der Waals surface area contributed by atoms with Crippen LogP contribution < -0.4 is 0 Å². The lowest BCUT2D eigenvalue weighted by atomic mass is 9.95. The van der Waals surface area contributed by atoms with Crippen molar-refractivity contribution in [1.29, 1.82) is 0 Å². The van der Waals surface area contributed by atoms with E-state index in [1.54, 1.807) is 6.07 Å². The molecule has 0 radical (unpaired) electrons. The van der Waals surface area contributed by atoms with Gasteiger partial charge in [-0.25, -0.2) is 0 Å². The number of benzene rings is 2. The van der Waals surface area contributed by atoms with Crippen LogP contribution in [0.3, 0.4) is 0 Å². The summed E-state index contributed by atoms with van der Waals surface area (Å²) in [6.45, 7) is 5.70. The van der Waals surface area contributed by atoms with Gasteiger partial charge in [-0.1, -0.05) is 24.3 Å². The summed E-state index contributed by atoms with van der Waals surface area (Å²) < 4.78 is 0. The lowest BCUT2D eigenvalue weighted by Gasteiger charge is -2.12. The van der Waals surface area contributed by atoms with Gasteiger partial charge in [0.05, 0.1) is 0 Å². The van der Waals surface area contributed by atoms with Crippen LogP contribution in [-0.2, 0) is 0 Å². The first-order valence-corrected chi connectivity index (χ1v) is 5.60. The Labute approximate surface area is 101 Å². The molecule has 2 aromatic carbocycles. The van der Waals surface area contributed by atoms with E-state index in [-0.39, 0.29) is 11.5 Å². The summed E-state index contributed by atoms with van der Waals surface area (Å²) in [7, 11) is 0. The first-order valence-electron chi connectivity index (χ1n) is 5.60. The number of phenolic OH excluding ortho intramolecular Hbond substituents is 2. The zero-order chi connectivity index (χ0) is 12.6. The number of aromatic hydroxyl groups is 2. The zero-order valence-electron chi connectivity index (χ0n) is 10.3. The Morgan fingerprint density at radius 3 is 2.12 bits per heavy atom. The van der Waals surface area contributed by atoms with Crippen LogP contribution in [0.25, 0.3) is 11.1 Å². The first kappa shape index (κ1) is 11.5. The van der Waals surface area contributed by atoms with E-state index in [0.29, 0.717) is 11.1 Å². The molecule has 0 saturated carbocycles. The Morgan fingerprint density at radius 2 is 1.47 bits per heavy atom. The number of aryl methyl sites for hydroxylation is 3.